The van der Waals surface area contributed by atoms with E-state index in [1.165, 1.54) is 12.0 Å². The minimum Gasteiger partial charge on any atom is -0.382 e. The first-order valence-corrected chi connectivity index (χ1v) is 8.34. The van der Waals surface area contributed by atoms with Gasteiger partial charge in [-0.3, -0.25) is 10.7 Å². The Hall–Kier alpha value is -1.29. The van der Waals surface area contributed by atoms with Gasteiger partial charge in [0.2, 0.25) is 0 Å². The van der Waals surface area contributed by atoms with Crippen LogP contribution >= 0.6 is 0 Å². The highest BCUT2D eigenvalue weighted by Gasteiger charge is 2.52. The molecule has 2 aliphatic carbocycles. The maximum Gasteiger partial charge on any atom is 0.346 e. The number of allylic oxidation sites excluding steroid dienone is 1. The molecule has 1 heterocycles. The number of unbranched alkanes of at least 4 members (excludes halogenated alkanes) is 1. The standard InChI is InChI=1S/C17H27N3O/c1-3-4-5-6-9-17(21)11(2)10-12-7-8-13-14(12)15(17)20-16(18)19-13/h5-6,11-13,21H,3-4,7-10H2,1-2H3,(H3,18,19,20)/p+1/b6-5-/t11-,12+,13+,17+/m1/s1. The van der Waals surface area contributed by atoms with Crippen molar-refractivity contribution in [1.29, 1.82) is 0 Å². The fraction of sp³-hybridized carbons (Fsp3) is 0.706. The van der Waals surface area contributed by atoms with Gasteiger partial charge in [-0.1, -0.05) is 32.4 Å². The number of aliphatic hydroxyl groups is 1. The van der Waals surface area contributed by atoms with Gasteiger partial charge in [0.05, 0.1) is 6.04 Å². The summed E-state index contributed by atoms with van der Waals surface area (Å²) in [5, 5.41) is 14.6. The molecule has 4 heteroatoms. The van der Waals surface area contributed by atoms with E-state index in [4.69, 9.17) is 5.73 Å². The molecule has 1 aliphatic heterocycles. The van der Waals surface area contributed by atoms with E-state index in [-0.39, 0.29) is 5.92 Å². The summed E-state index contributed by atoms with van der Waals surface area (Å²) in [5.74, 6) is 1.45. The summed E-state index contributed by atoms with van der Waals surface area (Å²) in [6.45, 7) is 4.34. The highest BCUT2D eigenvalue weighted by atomic mass is 16.3. The Morgan fingerprint density at radius 2 is 2.24 bits per heavy atom. The molecule has 3 rings (SSSR count). The molecule has 0 unspecified atom stereocenters. The van der Waals surface area contributed by atoms with Crippen molar-refractivity contribution in [3.63, 3.8) is 0 Å². The lowest BCUT2D eigenvalue weighted by atomic mass is 9.69. The lowest BCUT2D eigenvalue weighted by Crippen LogP contribution is -2.87. The first kappa shape index (κ1) is 14.6. The molecule has 3 aliphatic rings. The summed E-state index contributed by atoms with van der Waals surface area (Å²) >= 11 is 0. The fourth-order valence-corrected chi connectivity index (χ4v) is 4.24. The smallest absolute Gasteiger partial charge is 0.346 e. The zero-order chi connectivity index (χ0) is 15.0. The van der Waals surface area contributed by atoms with Crippen LogP contribution in [0.25, 0.3) is 0 Å². The molecule has 0 spiro atoms. The van der Waals surface area contributed by atoms with Gasteiger partial charge in [0, 0.05) is 12.0 Å². The van der Waals surface area contributed by atoms with Crippen LogP contribution in [-0.2, 0) is 0 Å². The van der Waals surface area contributed by atoms with Gasteiger partial charge in [-0.25, -0.2) is 5.32 Å². The topological polar surface area (TPSA) is 72.2 Å². The lowest BCUT2D eigenvalue weighted by molar-refractivity contribution is -0.496. The Bertz CT molecular complexity index is 508. The highest BCUT2D eigenvalue weighted by molar-refractivity contribution is 5.76. The van der Waals surface area contributed by atoms with E-state index in [2.05, 4.69) is 36.3 Å². The molecule has 1 fully saturated rings. The molecule has 0 radical (unpaired) electrons. The number of guanidine groups is 1. The zero-order valence-corrected chi connectivity index (χ0v) is 13.2. The molecule has 4 nitrogen and oxygen atoms in total. The molecule has 0 aromatic carbocycles. The maximum absolute atomic E-state index is 11.3. The van der Waals surface area contributed by atoms with E-state index in [0.29, 0.717) is 24.3 Å². The van der Waals surface area contributed by atoms with Crippen LogP contribution in [0.5, 0.6) is 0 Å². The van der Waals surface area contributed by atoms with Crippen LogP contribution in [0, 0.1) is 11.8 Å². The monoisotopic (exact) mass is 290 g/mol. The first-order valence-electron chi connectivity index (χ1n) is 8.34. The molecule has 0 bridgehead atoms. The predicted molar refractivity (Wildman–Crippen MR) is 84.2 cm³/mol. The van der Waals surface area contributed by atoms with Crippen LogP contribution in [0.2, 0.25) is 0 Å². The van der Waals surface area contributed by atoms with E-state index < -0.39 is 5.60 Å². The van der Waals surface area contributed by atoms with Gasteiger partial charge in [0.1, 0.15) is 11.3 Å². The van der Waals surface area contributed by atoms with Crippen LogP contribution in [0.4, 0.5) is 0 Å². The van der Waals surface area contributed by atoms with Crippen molar-refractivity contribution >= 4 is 5.96 Å². The second-order valence-corrected chi connectivity index (χ2v) is 6.87. The molecule has 21 heavy (non-hydrogen) atoms. The van der Waals surface area contributed by atoms with Gasteiger partial charge in [0.25, 0.3) is 0 Å². The van der Waals surface area contributed by atoms with Gasteiger partial charge in [-0.15, -0.1) is 0 Å². The minimum absolute atomic E-state index is 0.254. The SMILES string of the molecule is CCC/C=C\C[C@@]1(O)C2=C3[C@@H](CC[C@@H]3[NH+]=C(N)N2)C[C@H]1C. The second kappa shape index (κ2) is 5.48. The van der Waals surface area contributed by atoms with Crippen molar-refractivity contribution in [2.24, 2.45) is 17.6 Å². The Balaban J connectivity index is 1.92. The molecule has 0 aromatic heterocycles. The quantitative estimate of drug-likeness (QED) is 0.571. The zero-order valence-electron chi connectivity index (χ0n) is 13.2. The van der Waals surface area contributed by atoms with E-state index >= 15 is 0 Å². The van der Waals surface area contributed by atoms with E-state index in [9.17, 15) is 5.11 Å². The van der Waals surface area contributed by atoms with E-state index in [0.717, 1.165) is 31.4 Å². The van der Waals surface area contributed by atoms with Crippen molar-refractivity contribution in [3.05, 3.63) is 23.4 Å². The Labute approximate surface area is 127 Å². The van der Waals surface area contributed by atoms with Crippen molar-refractivity contribution < 1.29 is 10.1 Å². The normalized spacial score (nSPS) is 38.4. The largest absolute Gasteiger partial charge is 0.382 e. The first-order chi connectivity index (χ1) is 10.1. The van der Waals surface area contributed by atoms with Crippen molar-refractivity contribution in [2.75, 3.05) is 0 Å². The molecule has 5 N–H and O–H groups in total. The lowest BCUT2D eigenvalue weighted by Gasteiger charge is -2.42. The number of hydrogen-bond acceptors (Lipinski definition) is 3. The number of rotatable bonds is 4. The number of hydrogen-bond donors (Lipinski definition) is 4. The third-order valence-electron chi connectivity index (χ3n) is 5.43. The van der Waals surface area contributed by atoms with Crippen molar-refractivity contribution in [3.8, 4) is 0 Å². The summed E-state index contributed by atoms with van der Waals surface area (Å²) in [6.07, 6.45) is 10.6. The minimum atomic E-state index is -0.800. The average Bonchev–Trinajstić information content (AvgIpc) is 2.84. The van der Waals surface area contributed by atoms with E-state index in [1.807, 2.05) is 0 Å². The molecule has 0 amide bonds. The molecule has 0 aromatic rings. The second-order valence-electron chi connectivity index (χ2n) is 6.87. The Morgan fingerprint density at radius 1 is 1.43 bits per heavy atom. The third-order valence-corrected chi connectivity index (χ3v) is 5.43. The van der Waals surface area contributed by atoms with Crippen LogP contribution < -0.4 is 16.0 Å². The molecule has 4 atom stereocenters. The van der Waals surface area contributed by atoms with Crippen LogP contribution in [0.3, 0.4) is 0 Å². The summed E-state index contributed by atoms with van der Waals surface area (Å²) in [4.78, 5) is 3.33. The van der Waals surface area contributed by atoms with E-state index in [1.54, 1.807) is 0 Å². The van der Waals surface area contributed by atoms with Crippen molar-refractivity contribution in [2.45, 2.75) is 64.0 Å². The van der Waals surface area contributed by atoms with Gasteiger partial charge in [-0.05, 0) is 37.5 Å². The highest BCUT2D eigenvalue weighted by Crippen LogP contribution is 2.48. The molecular formula is C17H28N3O+. The van der Waals surface area contributed by atoms with Gasteiger partial charge in [0.15, 0.2) is 0 Å². The third kappa shape index (κ3) is 2.39. The molecule has 1 saturated carbocycles. The Morgan fingerprint density at radius 3 is 3.00 bits per heavy atom. The van der Waals surface area contributed by atoms with Gasteiger partial charge in [-0.2, -0.15) is 0 Å². The maximum atomic E-state index is 11.3. The van der Waals surface area contributed by atoms with Crippen LogP contribution in [0.1, 0.15) is 52.4 Å². The molecule has 116 valence electrons. The average molecular weight is 290 g/mol. The molecular weight excluding hydrogens is 262 g/mol. The summed E-state index contributed by atoms with van der Waals surface area (Å²) in [7, 11) is 0. The van der Waals surface area contributed by atoms with Crippen LogP contribution in [0.15, 0.2) is 23.4 Å². The molecule has 0 saturated heterocycles. The Kier molecular flexibility index (Phi) is 3.82. The number of nitrogens with two attached hydrogens (primary N) is 1. The van der Waals surface area contributed by atoms with Gasteiger partial charge >= 0.3 is 5.96 Å². The van der Waals surface area contributed by atoms with Crippen molar-refractivity contribution in [1.82, 2.24) is 5.32 Å². The fourth-order valence-electron chi connectivity index (χ4n) is 4.24. The van der Waals surface area contributed by atoms with Gasteiger partial charge < -0.3 is 5.11 Å². The summed E-state index contributed by atoms with van der Waals surface area (Å²) in [6, 6.07) is 0.324. The number of nitrogens with one attached hydrogen (secondary N) is 2. The predicted octanol–water partition coefficient (Wildman–Crippen LogP) is 0.535. The van der Waals surface area contributed by atoms with Crippen LogP contribution in [-0.4, -0.2) is 22.7 Å². The summed E-state index contributed by atoms with van der Waals surface area (Å²) in [5.41, 5.74) is 7.57. The summed E-state index contributed by atoms with van der Waals surface area (Å²) < 4.78 is 0.